The Morgan fingerprint density at radius 2 is 1.84 bits per heavy atom. The Hall–Kier alpha value is -4.61. The second-order valence-electron chi connectivity index (χ2n) is 16.9. The third-order valence-electron chi connectivity index (χ3n) is 12.1. The Morgan fingerprint density at radius 1 is 1.12 bits per heavy atom. The maximum atomic E-state index is 14.9. The van der Waals surface area contributed by atoms with E-state index in [1.54, 1.807) is 37.3 Å². The molecule has 58 heavy (non-hydrogen) atoms. The zero-order valence-electron chi connectivity index (χ0n) is 33.5. The second-order valence-corrected chi connectivity index (χ2v) is 19.1. The van der Waals surface area contributed by atoms with Gasteiger partial charge < -0.3 is 29.7 Å². The Kier molecular flexibility index (Phi) is 11.8. The van der Waals surface area contributed by atoms with Crippen LogP contribution in [0.25, 0.3) is 10.8 Å². The number of methoxy groups -OCH3 is 1. The molecule has 3 heterocycles. The minimum atomic E-state index is -4.91. The highest BCUT2D eigenvalue weighted by Crippen LogP contribution is 2.48. The summed E-state index contributed by atoms with van der Waals surface area (Å²) < 4.78 is 85.4. The van der Waals surface area contributed by atoms with Gasteiger partial charge in [-0.15, -0.1) is 0 Å². The smallest absolute Gasteiger partial charge is 0.427 e. The summed E-state index contributed by atoms with van der Waals surface area (Å²) in [6, 6.07) is 4.29. The average Bonchev–Trinajstić information content (AvgIpc) is 4.03. The number of nitrogens with one attached hydrogen (secondary N) is 3. The summed E-state index contributed by atoms with van der Waals surface area (Å²) in [5, 5.41) is 6.60. The molecule has 2 aliphatic carbocycles. The highest BCUT2D eigenvalue weighted by molar-refractivity contribution is 7.91. The van der Waals surface area contributed by atoms with Gasteiger partial charge in [0.15, 0.2) is 0 Å². The third-order valence-corrected chi connectivity index (χ3v) is 14.3. The number of pyridine rings is 1. The monoisotopic (exact) mass is 835 g/mol. The van der Waals surface area contributed by atoms with Crippen LogP contribution in [0.15, 0.2) is 42.6 Å². The van der Waals surface area contributed by atoms with Gasteiger partial charge in [0.1, 0.15) is 29.5 Å². The molecule has 1 aromatic heterocycles. The lowest BCUT2D eigenvalue weighted by Crippen LogP contribution is -2.60. The zero-order valence-corrected chi connectivity index (χ0v) is 34.3. The van der Waals surface area contributed by atoms with Crippen molar-refractivity contribution in [2.45, 2.75) is 126 Å². The molecule has 318 valence electrons. The summed E-state index contributed by atoms with van der Waals surface area (Å²) in [5.74, 6) is -2.78. The number of nitrogens with zero attached hydrogens (tertiary/aromatic N) is 2. The van der Waals surface area contributed by atoms with Crippen LogP contribution in [-0.2, 0) is 29.1 Å². The van der Waals surface area contributed by atoms with Gasteiger partial charge >= 0.3 is 12.3 Å². The number of alkyl halides is 3. The molecule has 2 aromatic rings. The SMILES string of the molecule is CC[C@@H]1C[C@H](C)CC/C=C\[C@@H]2C[C@@]2(C(=O)NS(=O)(=O)C2(C)CC2)NC(=O)[C@@H]2C[C@@H](Oc3nccc4cc(OC)ccc34)CN2C(=O)[C@H]1NC(=O)OC(C)(C)C(F)(F)F. The van der Waals surface area contributed by atoms with E-state index in [2.05, 4.69) is 20.3 Å². The number of allylic oxidation sites excluding steroid dienone is 1. The zero-order chi connectivity index (χ0) is 42.4. The Balaban J connectivity index is 1.37. The molecular weight excluding hydrogens is 784 g/mol. The predicted octanol–water partition coefficient (Wildman–Crippen LogP) is 5.30. The fourth-order valence-corrected chi connectivity index (χ4v) is 9.08. The van der Waals surface area contributed by atoms with Crippen molar-refractivity contribution < 1.29 is 55.0 Å². The molecule has 4 aliphatic rings. The van der Waals surface area contributed by atoms with Crippen molar-refractivity contribution in [3.8, 4) is 11.6 Å². The summed E-state index contributed by atoms with van der Waals surface area (Å²) >= 11 is 0. The molecule has 0 radical (unpaired) electrons. The first-order chi connectivity index (χ1) is 27.1. The molecule has 18 heteroatoms. The summed E-state index contributed by atoms with van der Waals surface area (Å²) in [4.78, 5) is 62.2. The van der Waals surface area contributed by atoms with Crippen molar-refractivity contribution in [2.75, 3.05) is 13.7 Å². The van der Waals surface area contributed by atoms with Crippen LogP contribution in [0.1, 0.15) is 86.0 Å². The number of sulfonamides is 1. The lowest BCUT2D eigenvalue weighted by Gasteiger charge is -2.35. The van der Waals surface area contributed by atoms with E-state index < -0.39 is 85.9 Å². The summed E-state index contributed by atoms with van der Waals surface area (Å²) in [7, 11) is -2.54. The van der Waals surface area contributed by atoms with Gasteiger partial charge in [-0.05, 0) is 101 Å². The van der Waals surface area contributed by atoms with Crippen LogP contribution in [0, 0.1) is 17.8 Å². The highest BCUT2D eigenvalue weighted by Gasteiger charge is 2.63. The number of halogens is 3. The number of aromatic nitrogens is 1. The minimum absolute atomic E-state index is 0.0302. The van der Waals surface area contributed by atoms with Crippen molar-refractivity contribution in [1.29, 1.82) is 0 Å². The molecule has 14 nitrogen and oxygen atoms in total. The van der Waals surface area contributed by atoms with Crippen molar-refractivity contribution >= 4 is 44.6 Å². The van der Waals surface area contributed by atoms with Gasteiger partial charge in [-0.1, -0.05) is 32.4 Å². The Labute approximate surface area is 336 Å². The van der Waals surface area contributed by atoms with E-state index in [1.165, 1.54) is 25.1 Å². The van der Waals surface area contributed by atoms with Crippen LogP contribution in [0.5, 0.6) is 11.6 Å². The topological polar surface area (TPSA) is 182 Å². The van der Waals surface area contributed by atoms with E-state index in [1.807, 2.05) is 13.0 Å². The second kappa shape index (κ2) is 15.9. The quantitative estimate of drug-likeness (QED) is 0.281. The molecule has 7 atom stereocenters. The summed E-state index contributed by atoms with van der Waals surface area (Å²) in [5.41, 5.74) is -4.52. The average molecular weight is 836 g/mol. The molecule has 3 N–H and O–H groups in total. The predicted molar refractivity (Wildman–Crippen MR) is 206 cm³/mol. The van der Waals surface area contributed by atoms with E-state index in [0.717, 1.165) is 5.39 Å². The normalized spacial score (nSPS) is 29.4. The van der Waals surface area contributed by atoms with Crippen LogP contribution in [0.4, 0.5) is 18.0 Å². The number of benzene rings is 1. The fourth-order valence-electron chi connectivity index (χ4n) is 7.77. The number of carbonyl (C=O) groups excluding carboxylic acids is 4. The molecule has 6 rings (SSSR count). The van der Waals surface area contributed by atoms with E-state index in [4.69, 9.17) is 14.2 Å². The molecule has 0 bridgehead atoms. The fraction of sp³-hybridized carbons (Fsp3) is 0.625. The highest BCUT2D eigenvalue weighted by atomic mass is 32.2. The molecule has 2 aliphatic heterocycles. The number of rotatable bonds is 9. The standard InChI is InChI=1S/C40H52F3N5O9S/c1-7-24-18-23(2)10-8-9-11-26-21-39(26,35(51)47-58(53,54)38(5)15-16-38)46-32(49)30-20-28(56-33-29-13-12-27(55-6)19-25(29)14-17-44-33)22-48(30)34(50)31(24)45-36(52)57-37(3,4)40(41,42)43/h9,11-14,17,19,23-24,26,28,30-31H,7-8,10,15-16,18,20-22H2,1-6H3,(H,45,52)(H,46,49)(H,47,51)/b11-9-/t23-,24-,26-,28-,30+,31+,39-/m1/s1. The maximum Gasteiger partial charge on any atom is 0.427 e. The lowest BCUT2D eigenvalue weighted by molar-refractivity contribution is -0.244. The van der Waals surface area contributed by atoms with Crippen LogP contribution >= 0.6 is 0 Å². The Morgan fingerprint density at radius 3 is 2.50 bits per heavy atom. The van der Waals surface area contributed by atoms with Gasteiger partial charge in [0.05, 0.1) is 18.4 Å². The van der Waals surface area contributed by atoms with Crippen LogP contribution in [0.3, 0.4) is 0 Å². The minimum Gasteiger partial charge on any atom is -0.497 e. The number of hydrogen-bond donors (Lipinski definition) is 3. The van der Waals surface area contributed by atoms with Crippen molar-refractivity contribution in [1.82, 2.24) is 25.2 Å². The largest absolute Gasteiger partial charge is 0.497 e. The number of fused-ring (bicyclic) bond motifs is 3. The number of amides is 4. The van der Waals surface area contributed by atoms with E-state index in [-0.39, 0.29) is 31.2 Å². The first-order valence-electron chi connectivity index (χ1n) is 19.6. The van der Waals surface area contributed by atoms with Crippen molar-refractivity contribution in [3.05, 3.63) is 42.6 Å². The van der Waals surface area contributed by atoms with Gasteiger partial charge in [-0.2, -0.15) is 13.2 Å². The molecule has 2 saturated carbocycles. The van der Waals surface area contributed by atoms with E-state index in [9.17, 15) is 40.8 Å². The van der Waals surface area contributed by atoms with Crippen molar-refractivity contribution in [2.24, 2.45) is 17.8 Å². The summed E-state index contributed by atoms with van der Waals surface area (Å²) in [6.07, 6.45) is 0.631. The van der Waals surface area contributed by atoms with Gasteiger partial charge in [-0.25, -0.2) is 18.2 Å². The summed E-state index contributed by atoms with van der Waals surface area (Å²) in [6.45, 7) is 6.49. The molecule has 1 saturated heterocycles. The van der Waals surface area contributed by atoms with Crippen LogP contribution in [0.2, 0.25) is 0 Å². The Bertz CT molecular complexity index is 2070. The molecule has 4 amide bonds. The molecule has 3 fully saturated rings. The van der Waals surface area contributed by atoms with Crippen LogP contribution < -0.4 is 24.8 Å². The number of alkyl carbamates (subject to hydrolysis) is 1. The molecule has 0 unspecified atom stereocenters. The first-order valence-corrected chi connectivity index (χ1v) is 21.1. The van der Waals surface area contributed by atoms with Crippen molar-refractivity contribution in [3.63, 3.8) is 0 Å². The lowest BCUT2D eigenvalue weighted by atomic mass is 9.85. The third kappa shape index (κ3) is 8.71. The maximum absolute atomic E-state index is 14.9. The first kappa shape index (κ1) is 43.0. The van der Waals surface area contributed by atoms with Gasteiger partial charge in [-0.3, -0.25) is 19.1 Å². The number of carbonyl (C=O) groups is 4. The number of ether oxygens (including phenoxy) is 3. The molecule has 0 spiro atoms. The van der Waals surface area contributed by atoms with Gasteiger partial charge in [0.25, 0.3) is 5.91 Å². The molecule has 1 aromatic carbocycles. The van der Waals surface area contributed by atoms with Gasteiger partial charge in [0.2, 0.25) is 33.3 Å². The van der Waals surface area contributed by atoms with Crippen LogP contribution in [-0.4, -0.2) is 96.0 Å². The van der Waals surface area contributed by atoms with E-state index in [0.29, 0.717) is 63.5 Å². The van der Waals surface area contributed by atoms with E-state index >= 15 is 0 Å². The number of hydrogen-bond acceptors (Lipinski definition) is 10. The van der Waals surface area contributed by atoms with Gasteiger partial charge in [0, 0.05) is 23.9 Å². The molecular formula is C40H52F3N5O9S.